The predicted molar refractivity (Wildman–Crippen MR) is 102 cm³/mol. The molecule has 0 spiro atoms. The van der Waals surface area contributed by atoms with E-state index in [0.717, 1.165) is 5.01 Å². The smallest absolute Gasteiger partial charge is 0.349 e. The van der Waals surface area contributed by atoms with Crippen LogP contribution in [0.4, 0.5) is 13.2 Å². The Morgan fingerprint density at radius 2 is 1.88 bits per heavy atom. The van der Waals surface area contributed by atoms with Crippen LogP contribution in [0.3, 0.4) is 0 Å². The maximum Gasteiger partial charge on any atom is 0.405 e. The van der Waals surface area contributed by atoms with E-state index in [4.69, 9.17) is 0 Å². The molecule has 1 aliphatic heterocycles. The van der Waals surface area contributed by atoms with Gasteiger partial charge in [0.1, 0.15) is 10.9 Å². The number of carbonyl (C=O) groups is 1. The van der Waals surface area contributed by atoms with Crippen molar-refractivity contribution in [1.29, 1.82) is 0 Å². The Balaban J connectivity index is 0.00000312. The number of amides is 1. The van der Waals surface area contributed by atoms with Crippen molar-refractivity contribution in [3.8, 4) is 0 Å². The number of piperazine rings is 1. The van der Waals surface area contributed by atoms with Gasteiger partial charge in [-0.1, -0.05) is 20.8 Å². The van der Waals surface area contributed by atoms with E-state index in [1.165, 1.54) is 22.4 Å². The van der Waals surface area contributed by atoms with Crippen molar-refractivity contribution in [2.45, 2.75) is 38.4 Å². The quantitative estimate of drug-likeness (QED) is 0.761. The topological polar surface area (TPSA) is 57.3 Å². The molecular formula is C15H25Cl2F3N4OS. The molecule has 2 N–H and O–H groups in total. The second-order valence-corrected chi connectivity index (χ2v) is 7.86. The average Bonchev–Trinajstić information content (AvgIpc) is 2.97. The van der Waals surface area contributed by atoms with Crippen molar-refractivity contribution in [1.82, 2.24) is 20.5 Å². The van der Waals surface area contributed by atoms with Crippen LogP contribution in [-0.4, -0.2) is 60.7 Å². The van der Waals surface area contributed by atoms with Crippen LogP contribution in [0.15, 0.2) is 6.20 Å². The van der Waals surface area contributed by atoms with Crippen LogP contribution in [0.1, 0.15) is 35.5 Å². The van der Waals surface area contributed by atoms with Crippen LogP contribution in [-0.2, 0) is 5.41 Å². The van der Waals surface area contributed by atoms with Gasteiger partial charge in [-0.3, -0.25) is 9.69 Å². The predicted octanol–water partition coefficient (Wildman–Crippen LogP) is 2.85. The SMILES string of the molecule is CC(C)(C)c1ncc(C(=O)NCC(N2CCNCC2)C(F)(F)F)s1.Cl.Cl. The van der Waals surface area contributed by atoms with Crippen LogP contribution in [0.25, 0.3) is 0 Å². The van der Waals surface area contributed by atoms with Gasteiger partial charge < -0.3 is 10.6 Å². The number of hydrogen-bond acceptors (Lipinski definition) is 5. The van der Waals surface area contributed by atoms with Gasteiger partial charge in [0.05, 0.1) is 11.2 Å². The van der Waals surface area contributed by atoms with E-state index in [9.17, 15) is 18.0 Å². The first kappa shape index (κ1) is 25.4. The molecule has 0 aliphatic carbocycles. The molecule has 2 heterocycles. The summed E-state index contributed by atoms with van der Waals surface area (Å²) in [6.07, 6.45) is -2.96. The second-order valence-electron chi connectivity index (χ2n) is 6.83. The number of alkyl halides is 3. The number of halogens is 5. The van der Waals surface area contributed by atoms with Crippen LogP contribution in [0, 0.1) is 0 Å². The molecule has 1 aromatic rings. The van der Waals surface area contributed by atoms with Gasteiger partial charge in [0.15, 0.2) is 0 Å². The van der Waals surface area contributed by atoms with Crippen molar-refractivity contribution >= 4 is 42.1 Å². The summed E-state index contributed by atoms with van der Waals surface area (Å²) in [7, 11) is 0. The van der Waals surface area contributed by atoms with Crippen LogP contribution in [0.5, 0.6) is 0 Å². The summed E-state index contributed by atoms with van der Waals surface area (Å²) in [5.74, 6) is -0.507. The highest BCUT2D eigenvalue weighted by Crippen LogP contribution is 2.27. The number of thiazole rings is 1. The van der Waals surface area contributed by atoms with E-state index < -0.39 is 24.7 Å². The number of aromatic nitrogens is 1. The number of carbonyl (C=O) groups excluding carboxylic acids is 1. The number of nitrogens with one attached hydrogen (secondary N) is 2. The molecule has 1 saturated heterocycles. The lowest BCUT2D eigenvalue weighted by Gasteiger charge is -2.35. The van der Waals surface area contributed by atoms with Gasteiger partial charge in [-0.2, -0.15) is 13.2 Å². The lowest BCUT2D eigenvalue weighted by atomic mass is 9.98. The lowest BCUT2D eigenvalue weighted by molar-refractivity contribution is -0.183. The van der Waals surface area contributed by atoms with Crippen molar-refractivity contribution < 1.29 is 18.0 Å². The van der Waals surface area contributed by atoms with Gasteiger partial charge in [-0.25, -0.2) is 4.98 Å². The molecule has 2 rings (SSSR count). The van der Waals surface area contributed by atoms with Crippen LogP contribution in [0.2, 0.25) is 0 Å². The fraction of sp³-hybridized carbons (Fsp3) is 0.733. The van der Waals surface area contributed by atoms with E-state index >= 15 is 0 Å². The number of nitrogens with zero attached hydrogens (tertiary/aromatic N) is 2. The summed E-state index contributed by atoms with van der Waals surface area (Å²) in [5.41, 5.74) is -0.196. The normalized spacial score (nSPS) is 17.0. The monoisotopic (exact) mass is 436 g/mol. The lowest BCUT2D eigenvalue weighted by Crippen LogP contribution is -2.57. The summed E-state index contributed by atoms with van der Waals surface area (Å²) in [6.45, 7) is 7.12. The molecule has 5 nitrogen and oxygen atoms in total. The molecule has 0 saturated carbocycles. The highest BCUT2D eigenvalue weighted by atomic mass is 35.5. The van der Waals surface area contributed by atoms with Crippen molar-refractivity contribution in [2.75, 3.05) is 32.7 Å². The fourth-order valence-electron chi connectivity index (χ4n) is 2.45. The maximum atomic E-state index is 13.3. The Morgan fingerprint density at radius 1 is 1.31 bits per heavy atom. The molecule has 0 aromatic carbocycles. The first-order valence-corrected chi connectivity index (χ1v) is 8.66. The third-order valence-electron chi connectivity index (χ3n) is 3.80. The molecule has 1 aliphatic rings. The molecule has 26 heavy (non-hydrogen) atoms. The summed E-state index contributed by atoms with van der Waals surface area (Å²) in [6, 6.07) is -1.67. The minimum atomic E-state index is -4.38. The molecular weight excluding hydrogens is 412 g/mol. The Hall–Kier alpha value is -0.610. The van der Waals surface area contributed by atoms with Crippen molar-refractivity contribution in [2.24, 2.45) is 0 Å². The van der Waals surface area contributed by atoms with Gasteiger partial charge in [0, 0.05) is 38.1 Å². The minimum Gasteiger partial charge on any atom is -0.349 e. The Morgan fingerprint density at radius 3 is 2.35 bits per heavy atom. The van der Waals surface area contributed by atoms with Crippen molar-refractivity contribution in [3.05, 3.63) is 16.1 Å². The average molecular weight is 437 g/mol. The van der Waals surface area contributed by atoms with Gasteiger partial charge in [-0.15, -0.1) is 36.2 Å². The highest BCUT2D eigenvalue weighted by Gasteiger charge is 2.43. The zero-order valence-corrected chi connectivity index (χ0v) is 17.3. The molecule has 1 atom stereocenters. The van der Waals surface area contributed by atoms with E-state index in [1.54, 1.807) is 0 Å². The molecule has 152 valence electrons. The van der Waals surface area contributed by atoms with E-state index in [0.29, 0.717) is 31.1 Å². The summed E-state index contributed by atoms with van der Waals surface area (Å²) < 4.78 is 39.9. The first-order chi connectivity index (χ1) is 11.1. The standard InChI is InChI=1S/C15H23F3N4OS.2ClH/c1-14(2,3)13-21-8-10(24-13)12(23)20-9-11(15(16,17)18)22-6-4-19-5-7-22;;/h8,11,19H,4-7,9H2,1-3H3,(H,20,23);2*1H. The Bertz CT molecular complexity index is 572. The van der Waals surface area contributed by atoms with Gasteiger partial charge in [-0.05, 0) is 0 Å². The number of hydrogen-bond donors (Lipinski definition) is 2. The van der Waals surface area contributed by atoms with Crippen LogP contribution < -0.4 is 10.6 Å². The summed E-state index contributed by atoms with van der Waals surface area (Å²) in [5, 5.41) is 6.22. The molecule has 11 heteroatoms. The zero-order valence-electron chi connectivity index (χ0n) is 14.9. The molecule has 0 bridgehead atoms. The van der Waals surface area contributed by atoms with E-state index in [-0.39, 0.29) is 30.2 Å². The maximum absolute atomic E-state index is 13.3. The highest BCUT2D eigenvalue weighted by molar-refractivity contribution is 7.13. The van der Waals surface area contributed by atoms with Gasteiger partial charge in [0.25, 0.3) is 5.91 Å². The van der Waals surface area contributed by atoms with Gasteiger partial charge in [0.2, 0.25) is 0 Å². The van der Waals surface area contributed by atoms with E-state index in [2.05, 4.69) is 15.6 Å². The molecule has 1 amide bonds. The largest absolute Gasteiger partial charge is 0.405 e. The fourth-order valence-corrected chi connectivity index (χ4v) is 3.34. The van der Waals surface area contributed by atoms with E-state index in [1.807, 2.05) is 20.8 Å². The zero-order chi connectivity index (χ0) is 18.0. The molecule has 1 unspecified atom stereocenters. The van der Waals surface area contributed by atoms with Gasteiger partial charge >= 0.3 is 6.18 Å². The summed E-state index contributed by atoms with van der Waals surface area (Å²) in [4.78, 5) is 18.1. The Labute approximate surface area is 167 Å². The molecule has 1 fully saturated rings. The third kappa shape index (κ3) is 6.84. The minimum absolute atomic E-state index is 0. The molecule has 1 aromatic heterocycles. The summed E-state index contributed by atoms with van der Waals surface area (Å²) >= 11 is 1.21. The molecule has 0 radical (unpaired) electrons. The second kappa shape index (κ2) is 10.1. The third-order valence-corrected chi connectivity index (χ3v) is 5.22. The first-order valence-electron chi connectivity index (χ1n) is 7.85. The Kier molecular flexibility index (Phi) is 9.84. The number of rotatable bonds is 4. The van der Waals surface area contributed by atoms with Crippen LogP contribution >= 0.6 is 36.2 Å². The van der Waals surface area contributed by atoms with Crippen molar-refractivity contribution in [3.63, 3.8) is 0 Å².